The van der Waals surface area contributed by atoms with Crippen molar-refractivity contribution in [3.05, 3.63) is 117 Å². The molecule has 1 saturated carbocycles. The van der Waals surface area contributed by atoms with Crippen LogP contribution in [0, 0.1) is 56.3 Å². The number of cyclic esters (lactones) is 1. The zero-order valence-corrected chi connectivity index (χ0v) is 57.6. The molecule has 4 aliphatic rings. The lowest BCUT2D eigenvalue weighted by atomic mass is 9.78. The van der Waals surface area contributed by atoms with Crippen molar-refractivity contribution in [3.63, 3.8) is 0 Å². The van der Waals surface area contributed by atoms with Crippen LogP contribution in [0.25, 0.3) is 6.08 Å². The topological polar surface area (TPSA) is 231 Å². The Kier molecular flexibility index (Phi) is 32.1. The highest BCUT2D eigenvalue weighted by Crippen LogP contribution is 2.38. The maximum Gasteiger partial charge on any atom is 0.330 e. The normalized spacial score (nSPS) is 31.6. The van der Waals surface area contributed by atoms with Gasteiger partial charge in [0.2, 0.25) is 5.79 Å². The third kappa shape index (κ3) is 22.7. The molecule has 91 heavy (non-hydrogen) atoms. The fourth-order valence-corrected chi connectivity index (χ4v) is 12.7. The van der Waals surface area contributed by atoms with Crippen LogP contribution in [0.2, 0.25) is 0 Å². The van der Waals surface area contributed by atoms with Gasteiger partial charge in [-0.3, -0.25) is 19.2 Å². The van der Waals surface area contributed by atoms with Gasteiger partial charge in [-0.15, -0.1) is 0 Å². The van der Waals surface area contributed by atoms with Gasteiger partial charge >= 0.3 is 11.9 Å². The Labute approximate surface area is 543 Å². The first kappa shape index (κ1) is 77.5. The number of esters is 2. The SMILES string of the molecule is CCOC(=O)/C=C(C)/C=C/C=C(C)/C=C/c1c(C)cc(OC)c(C)c1C.CO[C@H]1C[C@@H]2CC[C@@H](C)[C@@](O)(O2)C(=O)C(=O)N2CCCC[C@H]2C(=O)O[C@H]([C@H](C)C[C@@H]2CC[C@@H](O)[C@H](OC)C2)CC(=O)[C@H](C)/C=C(\C)[C@@H](O)[C@@H](OC)C(=O)[C@H](C)C[C@H](C)/C=C/C=CC=C1C. The van der Waals surface area contributed by atoms with Gasteiger partial charge in [0, 0.05) is 64.5 Å². The first-order chi connectivity index (χ1) is 43.0. The minimum absolute atomic E-state index is 0.0193. The van der Waals surface area contributed by atoms with Gasteiger partial charge in [0.05, 0.1) is 38.1 Å². The van der Waals surface area contributed by atoms with Gasteiger partial charge in [0.25, 0.3) is 11.7 Å². The lowest BCUT2D eigenvalue weighted by Crippen LogP contribution is -2.61. The van der Waals surface area contributed by atoms with Crippen molar-refractivity contribution >= 4 is 41.3 Å². The van der Waals surface area contributed by atoms with Crippen LogP contribution in [0.1, 0.15) is 169 Å². The summed E-state index contributed by atoms with van der Waals surface area (Å²) in [4.78, 5) is 83.2. The number of nitrogens with zero attached hydrogens (tertiary/aromatic N) is 1. The Bertz CT molecular complexity index is 2870. The number of hydrogen-bond acceptors (Lipinski definition) is 16. The average Bonchev–Trinajstić information content (AvgIpc) is 0.807. The number of carbonyl (C=O) groups is 6. The van der Waals surface area contributed by atoms with Crippen LogP contribution in [-0.4, -0.2) is 152 Å². The number of benzene rings is 1. The molecule has 5 rings (SSSR count). The summed E-state index contributed by atoms with van der Waals surface area (Å²) in [5, 5.41) is 33.8. The summed E-state index contributed by atoms with van der Waals surface area (Å²) < 4.78 is 39.7. The largest absolute Gasteiger partial charge is 0.496 e. The monoisotopic (exact) mass is 1270 g/mol. The average molecular weight is 1270 g/mol. The number of ketones is 3. The van der Waals surface area contributed by atoms with E-state index < -0.39 is 83.9 Å². The van der Waals surface area contributed by atoms with E-state index >= 15 is 0 Å². The zero-order chi connectivity index (χ0) is 67.9. The molecule has 0 unspecified atom stereocenters. The number of aliphatic hydroxyl groups excluding tert-OH is 2. The molecule has 2 bridgehead atoms. The molecule has 1 aromatic rings. The van der Waals surface area contributed by atoms with E-state index in [0.717, 1.165) is 28.9 Å². The molecule has 1 aromatic carbocycles. The molecule has 0 radical (unpaired) electrons. The first-order valence-corrected chi connectivity index (χ1v) is 32.7. The maximum atomic E-state index is 14.4. The summed E-state index contributed by atoms with van der Waals surface area (Å²) in [6.45, 7) is 25.1. The highest BCUT2D eigenvalue weighted by molar-refractivity contribution is 6.39. The Morgan fingerprint density at radius 1 is 0.824 bits per heavy atom. The van der Waals surface area contributed by atoms with Crippen molar-refractivity contribution < 1.29 is 77.2 Å². The molecule has 2 saturated heterocycles. The van der Waals surface area contributed by atoms with Crippen molar-refractivity contribution in [1.82, 2.24) is 4.90 Å². The fraction of sp³-hybridized carbons (Fsp3) is 0.622. The van der Waals surface area contributed by atoms with E-state index in [4.69, 9.17) is 33.2 Å². The van der Waals surface area contributed by atoms with Gasteiger partial charge in [-0.2, -0.15) is 0 Å². The van der Waals surface area contributed by atoms with Crippen LogP contribution in [0.4, 0.5) is 0 Å². The molecule has 17 heteroatoms. The van der Waals surface area contributed by atoms with Crippen LogP contribution in [0.15, 0.2) is 95.2 Å². The predicted molar refractivity (Wildman–Crippen MR) is 355 cm³/mol. The summed E-state index contributed by atoms with van der Waals surface area (Å²) in [6, 6.07) is 0.934. The van der Waals surface area contributed by atoms with Crippen molar-refractivity contribution in [2.75, 3.05) is 41.6 Å². The number of rotatable bonds is 13. The molecule has 0 spiro atoms. The van der Waals surface area contributed by atoms with Gasteiger partial charge in [0.15, 0.2) is 5.78 Å². The van der Waals surface area contributed by atoms with Crippen LogP contribution in [-0.2, 0) is 57.2 Å². The van der Waals surface area contributed by atoms with E-state index in [1.807, 2.05) is 90.2 Å². The number of fused-ring (bicyclic) bond motifs is 3. The van der Waals surface area contributed by atoms with Gasteiger partial charge in [-0.1, -0.05) is 107 Å². The number of carbonyl (C=O) groups excluding carboxylic acids is 6. The minimum atomic E-state index is -2.43. The minimum Gasteiger partial charge on any atom is -0.496 e. The number of methoxy groups -OCH3 is 4. The summed E-state index contributed by atoms with van der Waals surface area (Å²) in [5.41, 5.74) is 8.05. The molecule has 17 nitrogen and oxygen atoms in total. The third-order valence-electron chi connectivity index (χ3n) is 18.7. The molecule has 3 aliphatic heterocycles. The lowest BCUT2D eigenvalue weighted by Gasteiger charge is -2.42. The van der Waals surface area contributed by atoms with Crippen molar-refractivity contribution in [2.24, 2.45) is 35.5 Å². The maximum absolute atomic E-state index is 14.4. The molecule has 506 valence electrons. The smallest absolute Gasteiger partial charge is 0.330 e. The number of allylic oxidation sites excluding steroid dienone is 12. The number of aryl methyl sites for hydroxylation is 1. The lowest BCUT2D eigenvalue weighted by molar-refractivity contribution is -0.265. The second-order valence-corrected chi connectivity index (χ2v) is 25.9. The van der Waals surface area contributed by atoms with E-state index in [1.165, 1.54) is 40.3 Å². The summed E-state index contributed by atoms with van der Waals surface area (Å²) in [6.07, 6.45) is 22.7. The molecule has 1 amide bonds. The van der Waals surface area contributed by atoms with Gasteiger partial charge in [0.1, 0.15) is 35.9 Å². The number of ether oxygens (including phenoxy) is 7. The van der Waals surface area contributed by atoms with Crippen molar-refractivity contribution in [3.8, 4) is 5.75 Å². The van der Waals surface area contributed by atoms with E-state index in [1.54, 1.807) is 55.1 Å². The van der Waals surface area contributed by atoms with E-state index in [2.05, 4.69) is 39.0 Å². The fourth-order valence-electron chi connectivity index (χ4n) is 12.7. The molecule has 0 aromatic heterocycles. The molecule has 3 heterocycles. The molecule has 15 atom stereocenters. The summed E-state index contributed by atoms with van der Waals surface area (Å²) in [7, 11) is 6.22. The van der Waals surface area contributed by atoms with Crippen molar-refractivity contribution in [2.45, 2.75) is 222 Å². The van der Waals surface area contributed by atoms with Gasteiger partial charge in [-0.05, 0) is 182 Å². The van der Waals surface area contributed by atoms with E-state index in [0.29, 0.717) is 70.0 Å². The first-order valence-electron chi connectivity index (χ1n) is 32.7. The van der Waals surface area contributed by atoms with Gasteiger partial charge < -0.3 is 53.4 Å². The second kappa shape index (κ2) is 37.7. The molecule has 1 aliphatic carbocycles. The van der Waals surface area contributed by atoms with E-state index in [-0.39, 0.29) is 60.8 Å². The Hall–Kier alpha value is -5.92. The Morgan fingerprint density at radius 3 is 2.20 bits per heavy atom. The molecule has 3 fully saturated rings. The van der Waals surface area contributed by atoms with Crippen molar-refractivity contribution in [1.29, 1.82) is 0 Å². The highest BCUT2D eigenvalue weighted by Gasteiger charge is 2.53. The number of aliphatic hydroxyl groups is 3. The quantitative estimate of drug-likeness (QED) is 0.0548. The van der Waals surface area contributed by atoms with Crippen LogP contribution < -0.4 is 4.74 Å². The number of amides is 1. The summed E-state index contributed by atoms with van der Waals surface area (Å²) >= 11 is 0. The van der Waals surface area contributed by atoms with Gasteiger partial charge in [-0.25, -0.2) is 9.59 Å². The molecule has 3 N–H and O–H groups in total. The standard InChI is InChI=1S/C51H79NO13.C23H30O3/c1-30-16-12-11-13-17-31(2)42(61-8)28-38-21-19-36(7)51(60,65-38)48(57)49(58)52-23-15-14-18-39(52)50(59)64-43(33(4)26-37-20-22-40(53)44(27-37)62-9)29-41(54)32(3)25-35(6)46(56)47(63-10)45(55)34(5)24-30;1-8-26-23(24)14-17(3)11-9-10-16(2)12-13-21-18(4)15-22(25-7)20(6)19(21)5/h11-13,16-17,25,30,32-34,36-40,42-44,46-47,53,56,60H,14-15,18-24,26-29H2,1-10H3;9-15H,8H2,1-7H3/b13-11?,16-12+,31-17?,35-25+;11-9+,13-12+,16-10+,17-14+/t30-,32-,33-,34-,36-,37+,38+,39+,40-,42+,43+,44-,46-,47+,51-;/m1./s1. The number of piperidine rings is 1. The molecular formula is C74H109NO16. The predicted octanol–water partition coefficient (Wildman–Crippen LogP) is 11.8. The second-order valence-electron chi connectivity index (χ2n) is 25.9. The summed E-state index contributed by atoms with van der Waals surface area (Å²) in [5.74, 6) is -7.34. The zero-order valence-electron chi connectivity index (χ0n) is 57.6. The van der Waals surface area contributed by atoms with Crippen LogP contribution >= 0.6 is 0 Å². The highest BCUT2D eigenvalue weighted by atomic mass is 16.6. The third-order valence-corrected chi connectivity index (χ3v) is 18.7. The van der Waals surface area contributed by atoms with E-state index in [9.17, 15) is 44.1 Å². The van der Waals surface area contributed by atoms with Crippen LogP contribution in [0.5, 0.6) is 5.75 Å². The Balaban J connectivity index is 0.000000567. The van der Waals surface area contributed by atoms with Crippen LogP contribution in [0.3, 0.4) is 0 Å². The number of hydrogen-bond donors (Lipinski definition) is 3. The molecular weight excluding hydrogens is 1160 g/mol. The Morgan fingerprint density at radius 2 is 1.54 bits per heavy atom. The number of Topliss-reactive ketones (excluding diaryl/α,β-unsaturated/α-hetero) is 3.